The molecule has 0 aliphatic carbocycles. The molecule has 2 heterocycles. The number of piperidine rings is 2. The molecule has 1 amide bonds. The minimum atomic E-state index is -0.798. The molecular formula is C19H26ClN3O3. The van der Waals surface area contributed by atoms with Gasteiger partial charge in [0.05, 0.1) is 23.3 Å². The minimum Gasteiger partial charge on any atom is -0.480 e. The number of para-hydroxylation sites is 1. The number of halogens is 1. The van der Waals surface area contributed by atoms with Crippen LogP contribution in [0.15, 0.2) is 24.3 Å². The molecule has 1 N–H and O–H groups in total. The van der Waals surface area contributed by atoms with E-state index in [1.807, 2.05) is 41.1 Å². The number of aliphatic carboxylic acids is 1. The highest BCUT2D eigenvalue weighted by atomic mass is 35.5. The number of hydrogen-bond donors (Lipinski definition) is 1. The first-order valence-electron chi connectivity index (χ1n) is 9.19. The van der Waals surface area contributed by atoms with Gasteiger partial charge in [-0.15, -0.1) is 0 Å². The van der Waals surface area contributed by atoms with E-state index in [9.17, 15) is 9.59 Å². The van der Waals surface area contributed by atoms with Crippen molar-refractivity contribution in [3.8, 4) is 0 Å². The Balaban J connectivity index is 1.62. The quantitative estimate of drug-likeness (QED) is 0.850. The normalized spacial score (nSPS) is 22.8. The lowest BCUT2D eigenvalue weighted by Gasteiger charge is -2.43. The van der Waals surface area contributed by atoms with E-state index >= 15 is 0 Å². The van der Waals surface area contributed by atoms with Crippen LogP contribution in [0.4, 0.5) is 5.69 Å². The van der Waals surface area contributed by atoms with E-state index in [0.29, 0.717) is 11.6 Å². The zero-order valence-electron chi connectivity index (χ0n) is 15.1. The van der Waals surface area contributed by atoms with Crippen LogP contribution in [-0.4, -0.2) is 72.1 Å². The second-order valence-electron chi connectivity index (χ2n) is 7.18. The highest BCUT2D eigenvalue weighted by Gasteiger charge is 2.36. The number of carbonyl (C=O) groups is 2. The Labute approximate surface area is 159 Å². The molecule has 6 nitrogen and oxygen atoms in total. The van der Waals surface area contributed by atoms with E-state index in [-0.39, 0.29) is 24.5 Å². The Morgan fingerprint density at radius 1 is 1.23 bits per heavy atom. The molecular weight excluding hydrogens is 354 g/mol. The first kappa shape index (κ1) is 19.1. The molecule has 142 valence electrons. The van der Waals surface area contributed by atoms with Gasteiger partial charge in [-0.3, -0.25) is 19.4 Å². The van der Waals surface area contributed by atoms with E-state index in [2.05, 4.69) is 4.90 Å². The van der Waals surface area contributed by atoms with Gasteiger partial charge in [0.1, 0.15) is 0 Å². The Morgan fingerprint density at radius 2 is 1.92 bits per heavy atom. The first-order valence-corrected chi connectivity index (χ1v) is 9.57. The predicted molar refractivity (Wildman–Crippen MR) is 102 cm³/mol. The van der Waals surface area contributed by atoms with Crippen molar-refractivity contribution in [1.82, 2.24) is 9.80 Å². The van der Waals surface area contributed by atoms with Gasteiger partial charge in [0, 0.05) is 25.7 Å². The van der Waals surface area contributed by atoms with Crippen molar-refractivity contribution in [2.45, 2.75) is 37.8 Å². The summed E-state index contributed by atoms with van der Waals surface area (Å²) in [5.41, 5.74) is 0.792. The van der Waals surface area contributed by atoms with Crippen LogP contribution in [0.5, 0.6) is 0 Å². The van der Waals surface area contributed by atoms with Crippen LogP contribution in [0.3, 0.4) is 0 Å². The van der Waals surface area contributed by atoms with Gasteiger partial charge >= 0.3 is 5.97 Å². The summed E-state index contributed by atoms with van der Waals surface area (Å²) in [5.74, 6) is -0.672. The molecule has 2 saturated heterocycles. The summed E-state index contributed by atoms with van der Waals surface area (Å²) in [6.07, 6.45) is 3.61. The predicted octanol–water partition coefficient (Wildman–Crippen LogP) is 2.32. The number of rotatable bonds is 5. The second-order valence-corrected chi connectivity index (χ2v) is 7.58. The lowest BCUT2D eigenvalue weighted by Crippen LogP contribution is -2.56. The van der Waals surface area contributed by atoms with Gasteiger partial charge in [0.25, 0.3) is 0 Å². The third-order valence-corrected chi connectivity index (χ3v) is 5.82. The Kier molecular flexibility index (Phi) is 6.16. The monoisotopic (exact) mass is 379 g/mol. The number of hydrogen-bond acceptors (Lipinski definition) is 4. The standard InChI is InChI=1S/C19H26ClN3O3/c1-21(13-18(24)25)14-8-11-22(12-9-14)17-7-4-10-23(19(17)26)16-6-3-2-5-15(16)20/h2-3,5-6,14,17H,4,7-13H2,1H3,(H,24,25). The van der Waals surface area contributed by atoms with Crippen LogP contribution in [0.1, 0.15) is 25.7 Å². The lowest BCUT2D eigenvalue weighted by molar-refractivity contribution is -0.138. The minimum absolute atomic E-state index is 0.0628. The van der Waals surface area contributed by atoms with Gasteiger partial charge in [0.2, 0.25) is 5.91 Å². The van der Waals surface area contributed by atoms with Crippen LogP contribution in [-0.2, 0) is 9.59 Å². The van der Waals surface area contributed by atoms with Crippen molar-refractivity contribution in [2.24, 2.45) is 0 Å². The largest absolute Gasteiger partial charge is 0.480 e. The Morgan fingerprint density at radius 3 is 2.58 bits per heavy atom. The molecule has 0 bridgehead atoms. The molecule has 2 fully saturated rings. The first-order chi connectivity index (χ1) is 12.5. The molecule has 2 aliphatic heterocycles. The summed E-state index contributed by atoms with van der Waals surface area (Å²) in [5, 5.41) is 9.56. The number of amides is 1. The molecule has 26 heavy (non-hydrogen) atoms. The summed E-state index contributed by atoms with van der Waals surface area (Å²) in [6, 6.07) is 7.65. The highest BCUT2D eigenvalue weighted by Crippen LogP contribution is 2.30. The van der Waals surface area contributed by atoms with Crippen LogP contribution in [0, 0.1) is 0 Å². The summed E-state index contributed by atoms with van der Waals surface area (Å²) >= 11 is 6.29. The second kappa shape index (κ2) is 8.37. The molecule has 1 unspecified atom stereocenters. The van der Waals surface area contributed by atoms with Crippen molar-refractivity contribution >= 4 is 29.2 Å². The van der Waals surface area contributed by atoms with E-state index < -0.39 is 5.97 Å². The molecule has 0 saturated carbocycles. The maximum atomic E-state index is 13.1. The third kappa shape index (κ3) is 4.19. The maximum Gasteiger partial charge on any atom is 0.317 e. The lowest BCUT2D eigenvalue weighted by atomic mass is 9.97. The number of carbonyl (C=O) groups excluding carboxylic acids is 1. The number of likely N-dealkylation sites (tertiary alicyclic amines) is 1. The van der Waals surface area contributed by atoms with Crippen molar-refractivity contribution < 1.29 is 14.7 Å². The molecule has 3 rings (SSSR count). The average molecular weight is 380 g/mol. The Hall–Kier alpha value is -1.63. The van der Waals surface area contributed by atoms with Gasteiger partial charge in [-0.2, -0.15) is 0 Å². The maximum absolute atomic E-state index is 13.1. The molecule has 7 heteroatoms. The number of anilines is 1. The van der Waals surface area contributed by atoms with Crippen LogP contribution < -0.4 is 4.90 Å². The highest BCUT2D eigenvalue weighted by molar-refractivity contribution is 6.33. The zero-order chi connectivity index (χ0) is 18.7. The van der Waals surface area contributed by atoms with Crippen molar-refractivity contribution in [1.29, 1.82) is 0 Å². The molecule has 0 radical (unpaired) electrons. The van der Waals surface area contributed by atoms with E-state index in [1.54, 1.807) is 0 Å². The fourth-order valence-electron chi connectivity index (χ4n) is 4.09. The SMILES string of the molecule is CN(CC(=O)O)C1CCN(C2CCCN(c3ccccc3Cl)C2=O)CC1. The molecule has 2 aliphatic rings. The van der Waals surface area contributed by atoms with Crippen LogP contribution in [0.25, 0.3) is 0 Å². The zero-order valence-corrected chi connectivity index (χ0v) is 15.9. The fraction of sp³-hybridized carbons (Fsp3) is 0.579. The molecule has 0 aromatic heterocycles. The van der Waals surface area contributed by atoms with E-state index in [1.165, 1.54) is 0 Å². The van der Waals surface area contributed by atoms with E-state index in [0.717, 1.165) is 44.5 Å². The summed E-state index contributed by atoms with van der Waals surface area (Å²) in [4.78, 5) is 29.9. The summed E-state index contributed by atoms with van der Waals surface area (Å²) in [6.45, 7) is 2.41. The topological polar surface area (TPSA) is 64.1 Å². The molecule has 1 atom stereocenters. The van der Waals surface area contributed by atoms with Gasteiger partial charge in [-0.25, -0.2) is 0 Å². The molecule has 0 spiro atoms. The summed E-state index contributed by atoms with van der Waals surface area (Å²) in [7, 11) is 1.86. The average Bonchev–Trinajstić information content (AvgIpc) is 2.62. The summed E-state index contributed by atoms with van der Waals surface area (Å²) < 4.78 is 0. The molecule has 1 aromatic carbocycles. The van der Waals surface area contributed by atoms with Crippen molar-refractivity contribution in [2.75, 3.05) is 38.1 Å². The van der Waals surface area contributed by atoms with Crippen molar-refractivity contribution in [3.05, 3.63) is 29.3 Å². The van der Waals surface area contributed by atoms with Gasteiger partial charge < -0.3 is 10.0 Å². The van der Waals surface area contributed by atoms with Crippen LogP contribution >= 0.6 is 11.6 Å². The number of carboxylic acid groups (broad SMARTS) is 1. The number of benzene rings is 1. The smallest absolute Gasteiger partial charge is 0.317 e. The number of likely N-dealkylation sites (N-methyl/N-ethyl adjacent to an activating group) is 1. The van der Waals surface area contributed by atoms with Crippen molar-refractivity contribution in [3.63, 3.8) is 0 Å². The number of carboxylic acids is 1. The Bertz CT molecular complexity index is 661. The van der Waals surface area contributed by atoms with Gasteiger partial charge in [0.15, 0.2) is 0 Å². The molecule has 1 aromatic rings. The van der Waals surface area contributed by atoms with Gasteiger partial charge in [-0.05, 0) is 44.9 Å². The third-order valence-electron chi connectivity index (χ3n) is 5.50. The van der Waals surface area contributed by atoms with Gasteiger partial charge in [-0.1, -0.05) is 23.7 Å². The van der Waals surface area contributed by atoms with Crippen LogP contribution in [0.2, 0.25) is 5.02 Å². The number of nitrogens with zero attached hydrogens (tertiary/aromatic N) is 3. The van der Waals surface area contributed by atoms with E-state index in [4.69, 9.17) is 16.7 Å². The fourth-order valence-corrected chi connectivity index (χ4v) is 4.32.